The summed E-state index contributed by atoms with van der Waals surface area (Å²) in [6.07, 6.45) is 3.91. The van der Waals surface area contributed by atoms with Crippen LogP contribution in [-0.2, 0) is 16.1 Å². The van der Waals surface area contributed by atoms with Gasteiger partial charge in [0.05, 0.1) is 12.5 Å². The second-order valence-electron chi connectivity index (χ2n) is 5.31. The molecule has 1 aromatic carbocycles. The van der Waals surface area contributed by atoms with E-state index in [-0.39, 0.29) is 11.9 Å². The Labute approximate surface area is 125 Å². The number of halogens is 1. The zero-order valence-electron chi connectivity index (χ0n) is 11.9. The maximum atomic E-state index is 11.7. The fourth-order valence-corrected chi connectivity index (χ4v) is 2.92. The van der Waals surface area contributed by atoms with Crippen LogP contribution in [0, 0.1) is 5.92 Å². The molecular formula is C16H22ClNO2. The van der Waals surface area contributed by atoms with Gasteiger partial charge in [0.2, 0.25) is 0 Å². The highest BCUT2D eigenvalue weighted by molar-refractivity contribution is 6.30. The molecule has 0 aliphatic heterocycles. The van der Waals surface area contributed by atoms with Crippen LogP contribution >= 0.6 is 11.6 Å². The Morgan fingerprint density at radius 3 is 2.75 bits per heavy atom. The van der Waals surface area contributed by atoms with Gasteiger partial charge in [0.1, 0.15) is 0 Å². The van der Waals surface area contributed by atoms with Crippen LogP contribution in [0.3, 0.4) is 0 Å². The van der Waals surface area contributed by atoms with Gasteiger partial charge in [-0.1, -0.05) is 23.7 Å². The predicted octanol–water partition coefficient (Wildman–Crippen LogP) is 3.55. The lowest BCUT2D eigenvalue weighted by molar-refractivity contribution is -0.149. The molecule has 0 radical (unpaired) electrons. The highest BCUT2D eigenvalue weighted by atomic mass is 35.5. The molecule has 1 aliphatic carbocycles. The van der Waals surface area contributed by atoms with Crippen LogP contribution < -0.4 is 5.32 Å². The number of carbonyl (C=O) groups is 1. The third-order valence-corrected chi connectivity index (χ3v) is 4.07. The van der Waals surface area contributed by atoms with Crippen molar-refractivity contribution in [3.05, 3.63) is 34.9 Å². The molecule has 20 heavy (non-hydrogen) atoms. The Hall–Kier alpha value is -1.06. The quantitative estimate of drug-likeness (QED) is 0.844. The Bertz CT molecular complexity index is 442. The normalized spacial score (nSPS) is 22.5. The number of nitrogens with one attached hydrogen (secondary N) is 1. The van der Waals surface area contributed by atoms with Gasteiger partial charge in [-0.3, -0.25) is 4.79 Å². The van der Waals surface area contributed by atoms with Gasteiger partial charge in [-0.2, -0.15) is 0 Å². The van der Waals surface area contributed by atoms with E-state index >= 15 is 0 Å². The average molecular weight is 296 g/mol. The predicted molar refractivity (Wildman–Crippen MR) is 80.7 cm³/mol. The summed E-state index contributed by atoms with van der Waals surface area (Å²) in [7, 11) is 0. The van der Waals surface area contributed by atoms with Gasteiger partial charge in [0, 0.05) is 17.6 Å². The summed E-state index contributed by atoms with van der Waals surface area (Å²) in [6.45, 7) is 3.16. The molecular weight excluding hydrogens is 274 g/mol. The molecule has 2 rings (SSSR count). The van der Waals surface area contributed by atoms with Crippen LogP contribution in [0.4, 0.5) is 0 Å². The van der Waals surface area contributed by atoms with Gasteiger partial charge in [-0.25, -0.2) is 0 Å². The number of benzene rings is 1. The minimum Gasteiger partial charge on any atom is -0.466 e. The summed E-state index contributed by atoms with van der Waals surface area (Å²) >= 11 is 5.97. The SMILES string of the molecule is CCOC(=O)C1CCC(NCc2cccc(Cl)c2)CC1. The maximum Gasteiger partial charge on any atom is 0.308 e. The van der Waals surface area contributed by atoms with Crippen molar-refractivity contribution in [3.8, 4) is 0 Å². The molecule has 1 saturated carbocycles. The van der Waals surface area contributed by atoms with E-state index in [1.807, 2.05) is 25.1 Å². The van der Waals surface area contributed by atoms with Gasteiger partial charge in [0.15, 0.2) is 0 Å². The van der Waals surface area contributed by atoms with Crippen molar-refractivity contribution in [3.63, 3.8) is 0 Å². The Balaban J connectivity index is 1.73. The van der Waals surface area contributed by atoms with E-state index in [9.17, 15) is 4.79 Å². The van der Waals surface area contributed by atoms with Crippen LogP contribution in [0.2, 0.25) is 5.02 Å². The molecule has 1 N–H and O–H groups in total. The van der Waals surface area contributed by atoms with Gasteiger partial charge in [-0.05, 0) is 50.3 Å². The molecule has 0 amide bonds. The standard InChI is InChI=1S/C16H22ClNO2/c1-2-20-16(19)13-6-8-15(9-7-13)18-11-12-4-3-5-14(17)10-12/h3-5,10,13,15,18H,2,6-9,11H2,1H3. The summed E-state index contributed by atoms with van der Waals surface area (Å²) in [5.74, 6) is 0.0694. The van der Waals surface area contributed by atoms with Gasteiger partial charge in [0.25, 0.3) is 0 Å². The first kappa shape index (κ1) is 15.3. The summed E-state index contributed by atoms with van der Waals surface area (Å²) < 4.78 is 5.09. The average Bonchev–Trinajstić information content (AvgIpc) is 2.46. The first-order chi connectivity index (χ1) is 9.69. The van der Waals surface area contributed by atoms with E-state index in [4.69, 9.17) is 16.3 Å². The lowest BCUT2D eigenvalue weighted by Crippen LogP contribution is -2.35. The van der Waals surface area contributed by atoms with Crippen molar-refractivity contribution < 1.29 is 9.53 Å². The van der Waals surface area contributed by atoms with E-state index in [2.05, 4.69) is 11.4 Å². The zero-order chi connectivity index (χ0) is 14.4. The fourth-order valence-electron chi connectivity index (χ4n) is 2.70. The van der Waals surface area contributed by atoms with E-state index in [0.29, 0.717) is 12.6 Å². The molecule has 110 valence electrons. The first-order valence-electron chi connectivity index (χ1n) is 7.33. The molecule has 4 heteroatoms. The number of hydrogen-bond donors (Lipinski definition) is 1. The van der Waals surface area contributed by atoms with Crippen LogP contribution in [0.25, 0.3) is 0 Å². The maximum absolute atomic E-state index is 11.7. The molecule has 0 bridgehead atoms. The van der Waals surface area contributed by atoms with Crippen molar-refractivity contribution in [1.82, 2.24) is 5.32 Å². The number of rotatable bonds is 5. The topological polar surface area (TPSA) is 38.3 Å². The zero-order valence-corrected chi connectivity index (χ0v) is 12.7. The van der Waals surface area contributed by atoms with E-state index in [1.165, 1.54) is 5.56 Å². The Morgan fingerprint density at radius 1 is 1.35 bits per heavy atom. The molecule has 1 aliphatic rings. The Morgan fingerprint density at radius 2 is 2.10 bits per heavy atom. The molecule has 1 fully saturated rings. The number of esters is 1. The van der Waals surface area contributed by atoms with Crippen molar-refractivity contribution in [2.75, 3.05) is 6.61 Å². The van der Waals surface area contributed by atoms with E-state index in [1.54, 1.807) is 0 Å². The van der Waals surface area contributed by atoms with Gasteiger partial charge >= 0.3 is 5.97 Å². The largest absolute Gasteiger partial charge is 0.466 e. The third kappa shape index (κ3) is 4.50. The third-order valence-electron chi connectivity index (χ3n) is 3.83. The molecule has 0 saturated heterocycles. The summed E-state index contributed by atoms with van der Waals surface area (Å²) in [6, 6.07) is 8.40. The highest BCUT2D eigenvalue weighted by Crippen LogP contribution is 2.25. The van der Waals surface area contributed by atoms with Crippen molar-refractivity contribution in [2.24, 2.45) is 5.92 Å². The van der Waals surface area contributed by atoms with E-state index in [0.717, 1.165) is 37.3 Å². The Kier molecular flexibility index (Phi) is 5.86. The molecule has 1 aromatic rings. The summed E-state index contributed by atoms with van der Waals surface area (Å²) in [4.78, 5) is 11.7. The van der Waals surface area contributed by atoms with Crippen molar-refractivity contribution >= 4 is 17.6 Å². The van der Waals surface area contributed by atoms with E-state index < -0.39 is 0 Å². The van der Waals surface area contributed by atoms with Crippen LogP contribution in [0.1, 0.15) is 38.2 Å². The molecule has 0 spiro atoms. The summed E-state index contributed by atoms with van der Waals surface area (Å²) in [5.41, 5.74) is 1.20. The summed E-state index contributed by atoms with van der Waals surface area (Å²) in [5, 5.41) is 4.32. The smallest absolute Gasteiger partial charge is 0.308 e. The molecule has 0 heterocycles. The second kappa shape index (κ2) is 7.65. The minimum atomic E-state index is -0.0270. The number of carbonyl (C=O) groups excluding carboxylic acids is 1. The van der Waals surface area contributed by atoms with Crippen molar-refractivity contribution in [2.45, 2.75) is 45.2 Å². The lowest BCUT2D eigenvalue weighted by Gasteiger charge is -2.28. The molecule has 0 unspecified atom stereocenters. The lowest BCUT2D eigenvalue weighted by atomic mass is 9.86. The number of hydrogen-bond acceptors (Lipinski definition) is 3. The fraction of sp³-hybridized carbons (Fsp3) is 0.562. The molecule has 0 aromatic heterocycles. The van der Waals surface area contributed by atoms with Crippen LogP contribution in [0.5, 0.6) is 0 Å². The van der Waals surface area contributed by atoms with Crippen LogP contribution in [0.15, 0.2) is 24.3 Å². The number of ether oxygens (including phenoxy) is 1. The minimum absolute atomic E-state index is 0.0270. The first-order valence-corrected chi connectivity index (χ1v) is 7.71. The van der Waals surface area contributed by atoms with Crippen LogP contribution in [-0.4, -0.2) is 18.6 Å². The van der Waals surface area contributed by atoms with Gasteiger partial charge < -0.3 is 10.1 Å². The monoisotopic (exact) mass is 295 g/mol. The molecule has 3 nitrogen and oxygen atoms in total. The second-order valence-corrected chi connectivity index (χ2v) is 5.75. The highest BCUT2D eigenvalue weighted by Gasteiger charge is 2.26. The van der Waals surface area contributed by atoms with Crippen molar-refractivity contribution in [1.29, 1.82) is 0 Å². The molecule has 0 atom stereocenters. The van der Waals surface area contributed by atoms with Gasteiger partial charge in [-0.15, -0.1) is 0 Å².